The highest BCUT2D eigenvalue weighted by Gasteiger charge is 2.33. The summed E-state index contributed by atoms with van der Waals surface area (Å²) < 4.78 is 5.86. The molecule has 0 saturated heterocycles. The lowest BCUT2D eigenvalue weighted by molar-refractivity contribution is -0.134. The maximum atomic E-state index is 13.0. The second kappa shape index (κ2) is 12.1. The predicted molar refractivity (Wildman–Crippen MR) is 132 cm³/mol. The molecular formula is C27H37N3O4. The summed E-state index contributed by atoms with van der Waals surface area (Å²) in [6, 6.07) is 7.33. The number of benzene rings is 1. The minimum Gasteiger partial charge on any atom is -0.455 e. The fourth-order valence-corrected chi connectivity index (χ4v) is 4.79. The summed E-state index contributed by atoms with van der Waals surface area (Å²) in [6.07, 6.45) is 6.62. The van der Waals surface area contributed by atoms with Crippen LogP contribution in [0.25, 0.3) is 11.0 Å². The average Bonchev–Trinajstić information content (AvgIpc) is 2.82. The Hall–Kier alpha value is -2.80. The van der Waals surface area contributed by atoms with Gasteiger partial charge in [-0.2, -0.15) is 0 Å². The fourth-order valence-electron chi connectivity index (χ4n) is 4.79. The molecule has 1 aliphatic rings. The maximum absolute atomic E-state index is 13.0. The van der Waals surface area contributed by atoms with Crippen LogP contribution < -0.4 is 0 Å². The summed E-state index contributed by atoms with van der Waals surface area (Å²) in [5, 5.41) is 11.2. The zero-order chi connectivity index (χ0) is 24.7. The molecule has 1 saturated carbocycles. The Labute approximate surface area is 202 Å². The molecule has 0 bridgehead atoms. The molecule has 1 fully saturated rings. The largest absolute Gasteiger partial charge is 0.455 e. The molecule has 1 N–H and O–H groups in total. The van der Waals surface area contributed by atoms with Gasteiger partial charge >= 0.3 is 5.97 Å². The number of carbonyl (C=O) groups excluding carboxylic acids is 2. The fraction of sp³-hybridized carbons (Fsp3) is 0.556. The molecule has 2 aromatic rings. The van der Waals surface area contributed by atoms with Crippen LogP contribution in [0.1, 0.15) is 68.8 Å². The van der Waals surface area contributed by atoms with Gasteiger partial charge in [0, 0.05) is 20.0 Å². The van der Waals surface area contributed by atoms with Crippen molar-refractivity contribution in [1.29, 1.82) is 0 Å². The molecule has 7 nitrogen and oxygen atoms in total. The van der Waals surface area contributed by atoms with Crippen molar-refractivity contribution in [1.82, 2.24) is 14.9 Å². The first kappa shape index (κ1) is 25.8. The number of hydrogen-bond acceptors (Lipinski definition) is 6. The van der Waals surface area contributed by atoms with E-state index in [9.17, 15) is 14.7 Å². The highest BCUT2D eigenvalue weighted by atomic mass is 16.6. The van der Waals surface area contributed by atoms with E-state index in [-0.39, 0.29) is 18.0 Å². The Morgan fingerprint density at radius 2 is 1.85 bits per heavy atom. The molecule has 1 aromatic carbocycles. The Morgan fingerprint density at radius 1 is 1.18 bits per heavy atom. The van der Waals surface area contributed by atoms with Gasteiger partial charge in [-0.25, -0.2) is 9.78 Å². The number of hydrogen-bond donors (Lipinski definition) is 1. The smallest absolute Gasteiger partial charge is 0.358 e. The third-order valence-corrected chi connectivity index (χ3v) is 6.55. The van der Waals surface area contributed by atoms with E-state index in [1.165, 1.54) is 17.5 Å². The van der Waals surface area contributed by atoms with Gasteiger partial charge < -0.3 is 14.7 Å². The lowest BCUT2D eigenvalue weighted by Gasteiger charge is -2.31. The summed E-state index contributed by atoms with van der Waals surface area (Å²) in [5.41, 5.74) is 2.30. The van der Waals surface area contributed by atoms with E-state index in [0.29, 0.717) is 29.8 Å². The molecule has 3 atom stereocenters. The first-order valence-corrected chi connectivity index (χ1v) is 12.2. The van der Waals surface area contributed by atoms with Crippen molar-refractivity contribution in [2.45, 2.75) is 70.5 Å². The number of esters is 1. The van der Waals surface area contributed by atoms with Crippen molar-refractivity contribution in [2.24, 2.45) is 11.8 Å². The number of amides is 1. The zero-order valence-electron chi connectivity index (χ0n) is 20.6. The Kier molecular flexibility index (Phi) is 9.16. The maximum Gasteiger partial charge on any atom is 0.358 e. The molecule has 184 valence electrons. The zero-order valence-corrected chi connectivity index (χ0v) is 20.6. The summed E-state index contributed by atoms with van der Waals surface area (Å²) in [4.78, 5) is 36.0. The minimum atomic E-state index is -0.965. The van der Waals surface area contributed by atoms with Crippen LogP contribution >= 0.6 is 0 Å². The molecule has 34 heavy (non-hydrogen) atoms. The molecule has 7 heteroatoms. The van der Waals surface area contributed by atoms with Crippen LogP contribution in [0, 0.1) is 11.8 Å². The van der Waals surface area contributed by atoms with Crippen LogP contribution in [0.15, 0.2) is 42.6 Å². The van der Waals surface area contributed by atoms with Gasteiger partial charge in [0.1, 0.15) is 6.10 Å². The van der Waals surface area contributed by atoms with Crippen molar-refractivity contribution in [3.8, 4) is 0 Å². The lowest BCUT2D eigenvalue weighted by Crippen LogP contribution is -2.39. The summed E-state index contributed by atoms with van der Waals surface area (Å²) >= 11 is 0. The van der Waals surface area contributed by atoms with Gasteiger partial charge in [-0.1, -0.05) is 49.8 Å². The van der Waals surface area contributed by atoms with Gasteiger partial charge in [0.25, 0.3) is 0 Å². The first-order valence-electron chi connectivity index (χ1n) is 12.2. The monoisotopic (exact) mass is 467 g/mol. The van der Waals surface area contributed by atoms with Crippen molar-refractivity contribution < 1.29 is 19.4 Å². The summed E-state index contributed by atoms with van der Waals surface area (Å²) in [6.45, 7) is 5.82. The SMILES string of the molecule is C=C(C)C[C@H](C[C@H](O)[C@H](CC1CCCCC1)OC(=O)c1cnc2ccccc2n1)C(=O)N(C)C. The molecule has 0 unspecified atom stereocenters. The number of aromatic nitrogens is 2. The highest BCUT2D eigenvalue weighted by Crippen LogP contribution is 2.31. The number of ether oxygens (including phenoxy) is 1. The standard InChI is InChI=1S/C27H37N3O4/c1-18(2)14-20(26(32)30(3)4)16-24(31)25(15-19-10-6-5-7-11-19)34-27(33)23-17-28-21-12-8-9-13-22(21)29-23/h8-9,12-13,17,19-20,24-25,31H,1,5-7,10-11,14-16H2,2-4H3/t20-,24+,25+/m1/s1. The van der Waals surface area contributed by atoms with Crippen LogP contribution in [0.2, 0.25) is 0 Å². The quantitative estimate of drug-likeness (QED) is 0.407. The minimum absolute atomic E-state index is 0.0646. The van der Waals surface area contributed by atoms with Crippen molar-refractivity contribution in [3.05, 3.63) is 48.3 Å². The van der Waals surface area contributed by atoms with E-state index in [1.54, 1.807) is 20.2 Å². The van der Waals surface area contributed by atoms with Crippen LogP contribution in [-0.2, 0) is 9.53 Å². The number of para-hydroxylation sites is 2. The van der Waals surface area contributed by atoms with Crippen molar-refractivity contribution in [3.63, 3.8) is 0 Å². The van der Waals surface area contributed by atoms with Gasteiger partial charge in [0.05, 0.1) is 23.3 Å². The van der Waals surface area contributed by atoms with Gasteiger partial charge in [0.2, 0.25) is 5.91 Å². The molecule has 1 amide bonds. The van der Waals surface area contributed by atoms with E-state index in [4.69, 9.17) is 4.74 Å². The van der Waals surface area contributed by atoms with Crippen LogP contribution in [0.5, 0.6) is 0 Å². The van der Waals surface area contributed by atoms with E-state index >= 15 is 0 Å². The summed E-state index contributed by atoms with van der Waals surface area (Å²) in [7, 11) is 3.41. The van der Waals surface area contributed by atoms with E-state index in [0.717, 1.165) is 31.3 Å². The molecule has 1 heterocycles. The van der Waals surface area contributed by atoms with Gasteiger partial charge in [-0.05, 0) is 44.2 Å². The molecular weight excluding hydrogens is 430 g/mol. The van der Waals surface area contributed by atoms with Crippen LogP contribution in [-0.4, -0.2) is 58.2 Å². The molecule has 1 aliphatic carbocycles. The Bertz CT molecular complexity index is 1000. The van der Waals surface area contributed by atoms with Crippen LogP contribution in [0.3, 0.4) is 0 Å². The number of aliphatic hydroxyl groups excluding tert-OH is 1. The number of nitrogens with zero attached hydrogens (tertiary/aromatic N) is 3. The van der Waals surface area contributed by atoms with Gasteiger partial charge in [-0.3, -0.25) is 9.78 Å². The first-order chi connectivity index (χ1) is 16.2. The number of fused-ring (bicyclic) bond motifs is 1. The number of rotatable bonds is 10. The normalized spacial score (nSPS) is 17.1. The highest BCUT2D eigenvalue weighted by molar-refractivity contribution is 5.89. The lowest BCUT2D eigenvalue weighted by atomic mass is 9.82. The number of aliphatic hydroxyl groups is 1. The van der Waals surface area contributed by atoms with E-state index in [1.807, 2.05) is 25.1 Å². The molecule has 0 aliphatic heterocycles. The summed E-state index contributed by atoms with van der Waals surface area (Å²) in [5.74, 6) is -0.706. The molecule has 0 radical (unpaired) electrons. The van der Waals surface area contributed by atoms with Crippen LogP contribution in [0.4, 0.5) is 0 Å². The Morgan fingerprint density at radius 3 is 2.50 bits per heavy atom. The van der Waals surface area contributed by atoms with E-state index in [2.05, 4.69) is 16.5 Å². The number of carbonyl (C=O) groups is 2. The van der Waals surface area contributed by atoms with Gasteiger partial charge in [-0.15, -0.1) is 6.58 Å². The second-order valence-corrected chi connectivity index (χ2v) is 9.82. The topological polar surface area (TPSA) is 92.6 Å². The predicted octanol–water partition coefficient (Wildman–Crippen LogP) is 4.55. The second-order valence-electron chi connectivity index (χ2n) is 9.82. The molecule has 1 aromatic heterocycles. The Balaban J connectivity index is 1.78. The third-order valence-electron chi connectivity index (χ3n) is 6.55. The van der Waals surface area contributed by atoms with Crippen molar-refractivity contribution >= 4 is 22.9 Å². The third kappa shape index (κ3) is 7.10. The van der Waals surface area contributed by atoms with Crippen molar-refractivity contribution in [2.75, 3.05) is 14.1 Å². The van der Waals surface area contributed by atoms with E-state index < -0.39 is 24.1 Å². The number of allylic oxidation sites excluding steroid dienone is 1. The van der Waals surface area contributed by atoms with Gasteiger partial charge in [0.15, 0.2) is 5.69 Å². The average molecular weight is 468 g/mol. The molecule has 0 spiro atoms. The molecule has 3 rings (SSSR count).